The van der Waals surface area contributed by atoms with Gasteiger partial charge in [-0.2, -0.15) is 31.4 Å². The number of esters is 1. The molecule has 2 rings (SSSR count). The highest BCUT2D eigenvalue weighted by Crippen LogP contribution is 2.38. The average molecular weight is 361 g/mol. The van der Waals surface area contributed by atoms with E-state index in [2.05, 4.69) is 9.84 Å². The molecule has 0 aromatic carbocycles. The van der Waals surface area contributed by atoms with Gasteiger partial charge in [0.25, 0.3) is 0 Å². The molecule has 0 aliphatic heterocycles. The normalized spacial score (nSPS) is 12.7. The van der Waals surface area contributed by atoms with E-state index in [0.717, 1.165) is 0 Å². The van der Waals surface area contributed by atoms with Crippen molar-refractivity contribution >= 4 is 23.1 Å². The van der Waals surface area contributed by atoms with Crippen LogP contribution in [0, 0.1) is 0 Å². The van der Waals surface area contributed by atoms with Crippen molar-refractivity contribution in [3.8, 4) is 0 Å². The lowest BCUT2D eigenvalue weighted by Crippen LogP contribution is -2.14. The summed E-state index contributed by atoms with van der Waals surface area (Å²) in [6.07, 6.45) is -9.96. The lowest BCUT2D eigenvalue weighted by molar-refractivity contribution is -0.141. The van der Waals surface area contributed by atoms with Gasteiger partial charge in [-0.3, -0.25) is 0 Å². The fourth-order valence-electron chi connectivity index (χ4n) is 1.89. The summed E-state index contributed by atoms with van der Waals surface area (Å²) in [5, 5.41) is 1.93. The van der Waals surface area contributed by atoms with Gasteiger partial charge in [-0.1, -0.05) is 11.6 Å². The molecule has 0 aliphatic carbocycles. The fourth-order valence-corrected chi connectivity index (χ4v) is 2.19. The minimum Gasteiger partial charge on any atom is -0.462 e. The van der Waals surface area contributed by atoms with E-state index < -0.39 is 45.8 Å². The maximum absolute atomic E-state index is 13.0. The standard InChI is InChI=1S/C12H7ClF6N2O2/c1-2-23-10(22)7-6-4-3-5(11(14,15)16)9(13)21(6)20-8(7)12(17,18)19/h3-4H,2H2,1H3. The molecule has 0 saturated carbocycles. The number of nitrogens with zero attached hydrogens (tertiary/aromatic N) is 2. The molecule has 0 aliphatic rings. The summed E-state index contributed by atoms with van der Waals surface area (Å²) in [5.41, 5.74) is -4.57. The van der Waals surface area contributed by atoms with Gasteiger partial charge in [-0.05, 0) is 19.1 Å². The Morgan fingerprint density at radius 3 is 2.30 bits per heavy atom. The Morgan fingerprint density at radius 1 is 1.22 bits per heavy atom. The minimum absolute atomic E-state index is 0.220. The van der Waals surface area contributed by atoms with Crippen LogP contribution in [0.25, 0.3) is 5.52 Å². The lowest BCUT2D eigenvalue weighted by Gasteiger charge is -2.09. The van der Waals surface area contributed by atoms with E-state index >= 15 is 0 Å². The van der Waals surface area contributed by atoms with E-state index in [9.17, 15) is 31.1 Å². The Labute approximate surface area is 129 Å². The number of carbonyl (C=O) groups is 1. The third-order valence-electron chi connectivity index (χ3n) is 2.79. The number of fused-ring (bicyclic) bond motifs is 1. The van der Waals surface area contributed by atoms with E-state index in [-0.39, 0.29) is 11.1 Å². The van der Waals surface area contributed by atoms with Crippen LogP contribution in [0.2, 0.25) is 5.15 Å². The Kier molecular flexibility index (Phi) is 4.22. The van der Waals surface area contributed by atoms with Crippen molar-refractivity contribution in [1.29, 1.82) is 0 Å². The topological polar surface area (TPSA) is 43.6 Å². The molecule has 0 atom stereocenters. The summed E-state index contributed by atoms with van der Waals surface area (Å²) >= 11 is 5.50. The van der Waals surface area contributed by atoms with Crippen molar-refractivity contribution in [2.75, 3.05) is 6.61 Å². The Balaban J connectivity index is 2.83. The number of alkyl halides is 6. The molecule has 0 radical (unpaired) electrons. The molecule has 23 heavy (non-hydrogen) atoms. The van der Waals surface area contributed by atoms with Gasteiger partial charge in [0, 0.05) is 0 Å². The van der Waals surface area contributed by atoms with Gasteiger partial charge in [-0.15, -0.1) is 0 Å². The van der Waals surface area contributed by atoms with Gasteiger partial charge in [0.15, 0.2) is 5.69 Å². The van der Waals surface area contributed by atoms with Crippen LogP contribution in [0.3, 0.4) is 0 Å². The number of halogens is 7. The first-order chi connectivity index (χ1) is 10.5. The summed E-state index contributed by atoms with van der Waals surface area (Å²) in [6, 6.07) is 1.16. The molecule has 0 fully saturated rings. The van der Waals surface area contributed by atoms with Crippen LogP contribution in [0.4, 0.5) is 26.3 Å². The number of pyridine rings is 1. The van der Waals surface area contributed by atoms with Crippen molar-refractivity contribution in [2.45, 2.75) is 19.3 Å². The van der Waals surface area contributed by atoms with Crippen LogP contribution in [0.15, 0.2) is 12.1 Å². The third-order valence-corrected chi connectivity index (χ3v) is 3.15. The van der Waals surface area contributed by atoms with Gasteiger partial charge in [-0.25, -0.2) is 9.31 Å². The Morgan fingerprint density at radius 2 is 1.83 bits per heavy atom. The monoisotopic (exact) mass is 360 g/mol. The zero-order valence-corrected chi connectivity index (χ0v) is 12.0. The Hall–Kier alpha value is -1.97. The third kappa shape index (κ3) is 3.07. The number of rotatable bonds is 2. The van der Waals surface area contributed by atoms with Crippen LogP contribution in [-0.4, -0.2) is 22.2 Å². The average Bonchev–Trinajstić information content (AvgIpc) is 2.78. The summed E-state index contributed by atoms with van der Waals surface area (Å²) in [6.45, 7) is 1.15. The number of hydrogen-bond acceptors (Lipinski definition) is 3. The quantitative estimate of drug-likeness (QED) is 0.458. The second kappa shape index (κ2) is 5.59. The van der Waals surface area contributed by atoms with Gasteiger partial charge in [0.05, 0.1) is 17.7 Å². The second-order valence-corrected chi connectivity index (χ2v) is 4.63. The molecule has 4 nitrogen and oxygen atoms in total. The predicted octanol–water partition coefficient (Wildman–Crippen LogP) is 4.20. The van der Waals surface area contributed by atoms with Crippen LogP contribution in [-0.2, 0) is 17.1 Å². The highest BCUT2D eigenvalue weighted by atomic mass is 35.5. The van der Waals surface area contributed by atoms with Crippen molar-refractivity contribution in [3.05, 3.63) is 34.1 Å². The number of ether oxygens (including phenoxy) is 1. The maximum Gasteiger partial charge on any atom is 0.436 e. The maximum atomic E-state index is 13.0. The molecule has 0 N–H and O–H groups in total. The first-order valence-electron chi connectivity index (χ1n) is 6.01. The predicted molar refractivity (Wildman–Crippen MR) is 66.2 cm³/mol. The van der Waals surface area contributed by atoms with Crippen LogP contribution >= 0.6 is 11.6 Å². The largest absolute Gasteiger partial charge is 0.462 e. The van der Waals surface area contributed by atoms with Crippen molar-refractivity contribution in [2.24, 2.45) is 0 Å². The van der Waals surface area contributed by atoms with E-state index in [1.165, 1.54) is 6.92 Å². The van der Waals surface area contributed by atoms with Crippen molar-refractivity contribution < 1.29 is 35.9 Å². The number of carbonyl (C=O) groups excluding carboxylic acids is 1. The van der Waals surface area contributed by atoms with Crippen LogP contribution in [0.5, 0.6) is 0 Å². The first kappa shape index (κ1) is 17.4. The summed E-state index contributed by atoms with van der Waals surface area (Å²) in [7, 11) is 0. The lowest BCUT2D eigenvalue weighted by atomic mass is 10.1. The molecule has 0 bridgehead atoms. The molecule has 126 valence electrons. The molecule has 0 saturated heterocycles. The van der Waals surface area contributed by atoms with E-state index in [1.807, 2.05) is 0 Å². The molecule has 11 heteroatoms. The Bertz CT molecular complexity index is 765. The van der Waals surface area contributed by atoms with Crippen LogP contribution < -0.4 is 0 Å². The zero-order valence-electron chi connectivity index (χ0n) is 11.2. The zero-order chi connectivity index (χ0) is 17.6. The highest BCUT2D eigenvalue weighted by Gasteiger charge is 2.42. The van der Waals surface area contributed by atoms with Crippen molar-refractivity contribution in [3.63, 3.8) is 0 Å². The summed E-state index contributed by atoms with van der Waals surface area (Å²) in [4.78, 5) is 11.7. The molecule has 2 aromatic rings. The molecule has 0 amide bonds. The molecule has 0 spiro atoms. The molecule has 2 aromatic heterocycles. The summed E-state index contributed by atoms with van der Waals surface area (Å²) in [5.74, 6) is -1.36. The molecule has 0 unspecified atom stereocenters. The highest BCUT2D eigenvalue weighted by molar-refractivity contribution is 6.30. The second-order valence-electron chi connectivity index (χ2n) is 4.27. The van der Waals surface area contributed by atoms with Crippen molar-refractivity contribution in [1.82, 2.24) is 9.61 Å². The van der Waals surface area contributed by atoms with Gasteiger partial charge < -0.3 is 4.74 Å². The SMILES string of the molecule is CCOC(=O)c1c(C(F)(F)F)nn2c(Cl)c(C(F)(F)F)ccc12. The van der Waals surface area contributed by atoms with Gasteiger partial charge in [0.2, 0.25) is 0 Å². The first-order valence-corrected chi connectivity index (χ1v) is 6.39. The smallest absolute Gasteiger partial charge is 0.436 e. The van der Waals surface area contributed by atoms with Gasteiger partial charge in [0.1, 0.15) is 10.7 Å². The molecular formula is C12H7ClF6N2O2. The fraction of sp³-hybridized carbons (Fsp3) is 0.333. The summed E-state index contributed by atoms with van der Waals surface area (Å²) < 4.78 is 82.0. The molecular weight excluding hydrogens is 354 g/mol. The molecule has 2 heterocycles. The number of hydrogen-bond donors (Lipinski definition) is 0. The van der Waals surface area contributed by atoms with Gasteiger partial charge >= 0.3 is 18.3 Å². The van der Waals surface area contributed by atoms with E-state index in [4.69, 9.17) is 11.6 Å². The minimum atomic E-state index is -5.07. The van der Waals surface area contributed by atoms with Crippen LogP contribution in [0.1, 0.15) is 28.5 Å². The number of aromatic nitrogens is 2. The van der Waals surface area contributed by atoms with E-state index in [0.29, 0.717) is 12.1 Å². The van der Waals surface area contributed by atoms with E-state index in [1.54, 1.807) is 0 Å².